The Kier molecular flexibility index (Phi) is 2.41. The van der Waals surface area contributed by atoms with Crippen LogP contribution in [0.1, 0.15) is 0 Å². The van der Waals surface area contributed by atoms with E-state index in [4.69, 9.17) is 5.73 Å². The van der Waals surface area contributed by atoms with Crippen molar-refractivity contribution in [3.63, 3.8) is 0 Å². The number of anilines is 1. The molecule has 0 aliphatic rings. The largest absolute Gasteiger partial charge is 0.507 e. The number of nitrogens with two attached hydrogens (primary N) is 1. The molecule has 0 fully saturated rings. The molecule has 2 heteroatoms. The van der Waals surface area contributed by atoms with Gasteiger partial charge in [-0.3, -0.25) is 0 Å². The number of aromatic hydroxyl groups is 1. The second-order valence-corrected chi connectivity index (χ2v) is 4.27. The molecule has 2 nitrogen and oxygen atoms in total. The minimum Gasteiger partial charge on any atom is -0.507 e. The van der Waals surface area contributed by atoms with Crippen molar-refractivity contribution in [1.29, 1.82) is 0 Å². The van der Waals surface area contributed by atoms with Gasteiger partial charge in [0.1, 0.15) is 5.75 Å². The van der Waals surface area contributed by atoms with Crippen molar-refractivity contribution in [2.75, 3.05) is 5.73 Å². The maximum absolute atomic E-state index is 9.89. The number of hydrogen-bond donors (Lipinski definition) is 2. The van der Waals surface area contributed by atoms with Crippen molar-refractivity contribution in [1.82, 2.24) is 0 Å². The van der Waals surface area contributed by atoms with E-state index in [0.29, 0.717) is 0 Å². The highest BCUT2D eigenvalue weighted by Crippen LogP contribution is 2.36. The number of phenols is 1. The molecule has 88 valence electrons. The van der Waals surface area contributed by atoms with E-state index >= 15 is 0 Å². The SMILES string of the molecule is Nc1ccc2c(O)cccc2c1-c1ccccc1. The molecule has 3 aromatic rings. The van der Waals surface area contributed by atoms with Crippen LogP contribution in [-0.4, -0.2) is 5.11 Å². The van der Waals surface area contributed by atoms with E-state index in [1.165, 1.54) is 0 Å². The van der Waals surface area contributed by atoms with E-state index < -0.39 is 0 Å². The maximum Gasteiger partial charge on any atom is 0.123 e. The Morgan fingerprint density at radius 1 is 0.722 bits per heavy atom. The van der Waals surface area contributed by atoms with Gasteiger partial charge in [0.25, 0.3) is 0 Å². The van der Waals surface area contributed by atoms with Crippen LogP contribution in [0.3, 0.4) is 0 Å². The molecule has 0 radical (unpaired) electrons. The second-order valence-electron chi connectivity index (χ2n) is 4.27. The Balaban J connectivity index is 2.41. The summed E-state index contributed by atoms with van der Waals surface area (Å²) in [4.78, 5) is 0. The molecule has 0 aromatic heterocycles. The second kappa shape index (κ2) is 4.08. The summed E-state index contributed by atoms with van der Waals surface area (Å²) in [6.45, 7) is 0. The standard InChI is InChI=1S/C16H13NO/c17-14-10-9-12-13(7-4-8-15(12)18)16(14)11-5-2-1-3-6-11/h1-10,18H,17H2. The lowest BCUT2D eigenvalue weighted by Gasteiger charge is -2.11. The average molecular weight is 235 g/mol. The fourth-order valence-electron chi connectivity index (χ4n) is 2.29. The number of benzene rings is 3. The molecule has 0 saturated heterocycles. The topological polar surface area (TPSA) is 46.2 Å². The normalized spacial score (nSPS) is 10.7. The Morgan fingerprint density at radius 3 is 2.28 bits per heavy atom. The number of rotatable bonds is 1. The van der Waals surface area contributed by atoms with Crippen molar-refractivity contribution >= 4 is 16.5 Å². The summed E-state index contributed by atoms with van der Waals surface area (Å²) in [5, 5.41) is 11.7. The summed E-state index contributed by atoms with van der Waals surface area (Å²) in [6.07, 6.45) is 0. The lowest BCUT2D eigenvalue weighted by molar-refractivity contribution is 0.481. The molecular formula is C16H13NO. The van der Waals surface area contributed by atoms with Gasteiger partial charge in [0, 0.05) is 16.6 Å². The van der Waals surface area contributed by atoms with Crippen molar-refractivity contribution in [2.45, 2.75) is 0 Å². The van der Waals surface area contributed by atoms with Gasteiger partial charge in [-0.15, -0.1) is 0 Å². The Morgan fingerprint density at radius 2 is 1.50 bits per heavy atom. The Bertz CT molecular complexity index is 705. The maximum atomic E-state index is 9.89. The van der Waals surface area contributed by atoms with Gasteiger partial charge in [0.2, 0.25) is 0 Å². The Labute approximate surface area is 105 Å². The first-order valence-corrected chi connectivity index (χ1v) is 5.83. The van der Waals surface area contributed by atoms with Crippen LogP contribution in [0.5, 0.6) is 5.75 Å². The minimum absolute atomic E-state index is 0.282. The molecule has 3 aromatic carbocycles. The highest BCUT2D eigenvalue weighted by atomic mass is 16.3. The monoisotopic (exact) mass is 235 g/mol. The van der Waals surface area contributed by atoms with Gasteiger partial charge in [-0.1, -0.05) is 42.5 Å². The van der Waals surface area contributed by atoms with Crippen molar-refractivity contribution in [3.8, 4) is 16.9 Å². The van der Waals surface area contributed by atoms with Gasteiger partial charge in [0.05, 0.1) is 0 Å². The van der Waals surface area contributed by atoms with Crippen molar-refractivity contribution in [3.05, 3.63) is 60.7 Å². The molecule has 18 heavy (non-hydrogen) atoms. The molecule has 0 spiro atoms. The summed E-state index contributed by atoms with van der Waals surface area (Å²) in [5.74, 6) is 0.282. The predicted octanol–water partition coefficient (Wildman–Crippen LogP) is 3.79. The smallest absolute Gasteiger partial charge is 0.123 e. The molecule has 0 bridgehead atoms. The minimum atomic E-state index is 0.282. The summed E-state index contributed by atoms with van der Waals surface area (Å²) >= 11 is 0. The van der Waals surface area contributed by atoms with Crippen molar-refractivity contribution < 1.29 is 5.11 Å². The third-order valence-corrected chi connectivity index (χ3v) is 3.13. The van der Waals surface area contributed by atoms with Crippen LogP contribution in [-0.2, 0) is 0 Å². The molecule has 0 atom stereocenters. The molecular weight excluding hydrogens is 222 g/mol. The summed E-state index contributed by atoms with van der Waals surface area (Å²) in [5.41, 5.74) is 8.85. The highest BCUT2D eigenvalue weighted by molar-refractivity contribution is 6.04. The van der Waals surface area contributed by atoms with Crippen LogP contribution >= 0.6 is 0 Å². The van der Waals surface area contributed by atoms with E-state index in [1.807, 2.05) is 54.6 Å². The molecule has 3 rings (SSSR count). The first-order chi connectivity index (χ1) is 8.77. The van der Waals surface area contributed by atoms with Crippen LogP contribution in [0.15, 0.2) is 60.7 Å². The summed E-state index contributed by atoms with van der Waals surface area (Å²) < 4.78 is 0. The third-order valence-electron chi connectivity index (χ3n) is 3.13. The van der Waals surface area contributed by atoms with Gasteiger partial charge in [0.15, 0.2) is 0 Å². The molecule has 0 unspecified atom stereocenters. The van der Waals surface area contributed by atoms with Gasteiger partial charge < -0.3 is 10.8 Å². The lowest BCUT2D eigenvalue weighted by atomic mass is 9.96. The molecule has 3 N–H and O–H groups in total. The molecule has 0 amide bonds. The molecule has 0 heterocycles. The van der Waals surface area contributed by atoms with Crippen LogP contribution in [0.25, 0.3) is 21.9 Å². The summed E-state index contributed by atoms with van der Waals surface area (Å²) in [7, 11) is 0. The highest BCUT2D eigenvalue weighted by Gasteiger charge is 2.09. The van der Waals surface area contributed by atoms with Crippen LogP contribution < -0.4 is 5.73 Å². The third kappa shape index (κ3) is 1.59. The van der Waals surface area contributed by atoms with Gasteiger partial charge in [-0.2, -0.15) is 0 Å². The lowest BCUT2D eigenvalue weighted by Crippen LogP contribution is -1.91. The zero-order chi connectivity index (χ0) is 12.5. The van der Waals surface area contributed by atoms with E-state index in [-0.39, 0.29) is 5.75 Å². The van der Waals surface area contributed by atoms with Gasteiger partial charge in [-0.05, 0) is 29.1 Å². The number of hydrogen-bond acceptors (Lipinski definition) is 2. The number of fused-ring (bicyclic) bond motifs is 1. The molecule has 0 aliphatic heterocycles. The molecule has 0 aliphatic carbocycles. The average Bonchev–Trinajstić information content (AvgIpc) is 2.40. The fourth-order valence-corrected chi connectivity index (χ4v) is 2.29. The van der Waals surface area contributed by atoms with Gasteiger partial charge >= 0.3 is 0 Å². The first kappa shape index (κ1) is 10.7. The number of nitrogen functional groups attached to an aromatic ring is 1. The van der Waals surface area contributed by atoms with Crippen LogP contribution in [0, 0.1) is 0 Å². The number of phenolic OH excluding ortho intramolecular Hbond substituents is 1. The van der Waals surface area contributed by atoms with E-state index in [0.717, 1.165) is 27.6 Å². The van der Waals surface area contributed by atoms with Gasteiger partial charge in [-0.25, -0.2) is 0 Å². The quantitative estimate of drug-likeness (QED) is 0.630. The predicted molar refractivity (Wildman–Crippen MR) is 75.5 cm³/mol. The Hall–Kier alpha value is -2.48. The zero-order valence-corrected chi connectivity index (χ0v) is 9.80. The summed E-state index contributed by atoms with van der Waals surface area (Å²) in [6, 6.07) is 19.2. The van der Waals surface area contributed by atoms with E-state index in [9.17, 15) is 5.11 Å². The van der Waals surface area contributed by atoms with Crippen LogP contribution in [0.2, 0.25) is 0 Å². The van der Waals surface area contributed by atoms with Crippen LogP contribution in [0.4, 0.5) is 5.69 Å². The van der Waals surface area contributed by atoms with E-state index in [2.05, 4.69) is 0 Å². The first-order valence-electron chi connectivity index (χ1n) is 5.83. The fraction of sp³-hybridized carbons (Fsp3) is 0. The molecule has 0 saturated carbocycles. The van der Waals surface area contributed by atoms with E-state index in [1.54, 1.807) is 6.07 Å². The van der Waals surface area contributed by atoms with Crippen molar-refractivity contribution in [2.24, 2.45) is 0 Å². The zero-order valence-electron chi connectivity index (χ0n) is 9.80.